The summed E-state index contributed by atoms with van der Waals surface area (Å²) in [5.74, 6) is -0.0355. The number of hydrogen-bond donors (Lipinski definition) is 0. The Morgan fingerprint density at radius 3 is 2.58 bits per heavy atom. The van der Waals surface area contributed by atoms with Crippen LogP contribution in [0.3, 0.4) is 0 Å². The van der Waals surface area contributed by atoms with Crippen molar-refractivity contribution in [1.82, 2.24) is 0 Å². The Bertz CT molecular complexity index is 177. The number of ether oxygens (including phenoxy) is 1. The minimum Gasteiger partial charge on any atom is -0.371 e. The first-order valence-corrected chi connectivity index (χ1v) is 8.06. The van der Waals surface area contributed by atoms with E-state index in [4.69, 9.17) is 4.74 Å². The average Bonchev–Trinajstić information content (AvgIpc) is 2.32. The van der Waals surface area contributed by atoms with Crippen LogP contribution in [0.15, 0.2) is 11.5 Å². The summed E-state index contributed by atoms with van der Waals surface area (Å²) in [6.45, 7) is 7.10. The Morgan fingerprint density at radius 1 is 1.50 bits per heavy atom. The number of hydrogen-bond acceptors (Lipinski definition) is 1. The predicted octanol–water partition coefficient (Wildman–Crippen LogP) is 2.90. The van der Waals surface area contributed by atoms with Crippen LogP contribution < -0.4 is 0 Å². The van der Waals surface area contributed by atoms with Crippen molar-refractivity contribution in [3.05, 3.63) is 11.5 Å². The molecule has 12 heavy (non-hydrogen) atoms. The molecule has 0 saturated carbocycles. The zero-order valence-electron chi connectivity index (χ0n) is 8.06. The molecule has 0 aromatic heterocycles. The van der Waals surface area contributed by atoms with E-state index in [-0.39, 0.29) is 11.9 Å². The van der Waals surface area contributed by atoms with Crippen LogP contribution in [0.2, 0.25) is 19.6 Å². The fourth-order valence-electron chi connectivity index (χ4n) is 1.30. The topological polar surface area (TPSA) is 9.23 Å². The second-order valence-electron chi connectivity index (χ2n) is 4.40. The molecule has 1 aliphatic rings. The first kappa shape index (κ1) is 9.93. The SMILES string of the molecule is C[Si](C)(C)/C=C(\F)C1CCCO1. The van der Waals surface area contributed by atoms with E-state index in [0.29, 0.717) is 0 Å². The van der Waals surface area contributed by atoms with Gasteiger partial charge >= 0.3 is 0 Å². The third-order valence-corrected chi connectivity index (χ3v) is 2.95. The fraction of sp³-hybridized carbons (Fsp3) is 0.778. The van der Waals surface area contributed by atoms with Crippen molar-refractivity contribution in [2.24, 2.45) is 0 Å². The number of rotatable bonds is 2. The van der Waals surface area contributed by atoms with Gasteiger partial charge in [0.05, 0.1) is 8.07 Å². The zero-order valence-corrected chi connectivity index (χ0v) is 9.06. The Labute approximate surface area is 74.6 Å². The van der Waals surface area contributed by atoms with Gasteiger partial charge in [0.15, 0.2) is 0 Å². The van der Waals surface area contributed by atoms with E-state index in [1.165, 1.54) is 0 Å². The first-order chi connectivity index (χ1) is 5.49. The average molecular weight is 188 g/mol. The van der Waals surface area contributed by atoms with E-state index in [2.05, 4.69) is 19.6 Å². The summed E-state index contributed by atoms with van der Waals surface area (Å²) in [6, 6.07) is 0. The highest BCUT2D eigenvalue weighted by molar-refractivity contribution is 6.81. The molecule has 1 atom stereocenters. The van der Waals surface area contributed by atoms with Crippen LogP contribution in [0.5, 0.6) is 0 Å². The summed E-state index contributed by atoms with van der Waals surface area (Å²) in [6.07, 6.45) is 1.63. The van der Waals surface area contributed by atoms with Crippen LogP contribution in [-0.2, 0) is 4.74 Å². The second kappa shape index (κ2) is 3.71. The highest BCUT2D eigenvalue weighted by atomic mass is 28.3. The predicted molar refractivity (Wildman–Crippen MR) is 51.5 cm³/mol. The van der Waals surface area contributed by atoms with Crippen molar-refractivity contribution in [3.8, 4) is 0 Å². The van der Waals surface area contributed by atoms with E-state index in [9.17, 15) is 4.39 Å². The zero-order chi connectivity index (χ0) is 9.19. The standard InChI is InChI=1S/C9H17FOSi/c1-12(2,3)7-8(10)9-5-4-6-11-9/h7,9H,4-6H2,1-3H3/b8-7-. The van der Waals surface area contributed by atoms with Gasteiger partial charge in [-0.25, -0.2) is 4.39 Å². The largest absolute Gasteiger partial charge is 0.371 e. The molecule has 1 heterocycles. The van der Waals surface area contributed by atoms with Crippen molar-refractivity contribution >= 4 is 8.07 Å². The molecule has 1 rings (SSSR count). The highest BCUT2D eigenvalue weighted by Gasteiger charge is 2.22. The molecule has 1 fully saturated rings. The van der Waals surface area contributed by atoms with Gasteiger partial charge in [0.25, 0.3) is 0 Å². The Morgan fingerprint density at radius 2 is 2.17 bits per heavy atom. The molecule has 0 bridgehead atoms. The Balaban J connectivity index is 2.56. The molecular formula is C9H17FOSi. The van der Waals surface area contributed by atoms with Crippen LogP contribution in [0.4, 0.5) is 4.39 Å². The Hall–Kier alpha value is -0.153. The lowest BCUT2D eigenvalue weighted by Gasteiger charge is -2.12. The summed E-state index contributed by atoms with van der Waals surface area (Å²) in [7, 11) is -1.40. The maximum atomic E-state index is 13.4. The van der Waals surface area contributed by atoms with Crippen molar-refractivity contribution in [2.75, 3.05) is 6.61 Å². The summed E-state index contributed by atoms with van der Waals surface area (Å²) in [5, 5.41) is 0. The molecule has 0 aromatic carbocycles. The van der Waals surface area contributed by atoms with E-state index in [0.717, 1.165) is 19.4 Å². The van der Waals surface area contributed by atoms with E-state index in [1.54, 1.807) is 5.70 Å². The van der Waals surface area contributed by atoms with Gasteiger partial charge in [-0.3, -0.25) is 0 Å². The van der Waals surface area contributed by atoms with Crippen molar-refractivity contribution in [1.29, 1.82) is 0 Å². The minimum atomic E-state index is -1.40. The lowest BCUT2D eigenvalue weighted by Crippen LogP contribution is -2.19. The van der Waals surface area contributed by atoms with E-state index < -0.39 is 8.07 Å². The van der Waals surface area contributed by atoms with Crippen LogP contribution in [0.1, 0.15) is 12.8 Å². The van der Waals surface area contributed by atoms with Gasteiger partial charge in [-0.1, -0.05) is 25.3 Å². The maximum absolute atomic E-state index is 13.4. The minimum absolute atomic E-state index is 0.0355. The Kier molecular flexibility index (Phi) is 3.07. The third-order valence-electron chi connectivity index (χ3n) is 1.81. The summed E-state index contributed by atoms with van der Waals surface area (Å²) < 4.78 is 18.6. The van der Waals surface area contributed by atoms with Gasteiger partial charge < -0.3 is 4.74 Å². The normalized spacial score (nSPS) is 26.3. The lowest BCUT2D eigenvalue weighted by molar-refractivity contribution is 0.119. The van der Waals surface area contributed by atoms with Gasteiger partial charge in [-0.2, -0.15) is 0 Å². The smallest absolute Gasteiger partial charge is 0.121 e. The van der Waals surface area contributed by atoms with Gasteiger partial charge in [-0.15, -0.1) is 0 Å². The monoisotopic (exact) mass is 188 g/mol. The third kappa shape index (κ3) is 3.07. The van der Waals surface area contributed by atoms with E-state index in [1.807, 2.05) is 0 Å². The molecular weight excluding hydrogens is 171 g/mol. The molecule has 1 aliphatic heterocycles. The van der Waals surface area contributed by atoms with Gasteiger partial charge in [0.1, 0.15) is 11.9 Å². The lowest BCUT2D eigenvalue weighted by atomic mass is 10.2. The molecule has 1 nitrogen and oxygen atoms in total. The van der Waals surface area contributed by atoms with Crippen molar-refractivity contribution < 1.29 is 9.13 Å². The van der Waals surface area contributed by atoms with Crippen LogP contribution in [0, 0.1) is 0 Å². The molecule has 0 aliphatic carbocycles. The quantitative estimate of drug-likeness (QED) is 0.605. The van der Waals surface area contributed by atoms with Crippen molar-refractivity contribution in [2.45, 2.75) is 38.6 Å². The van der Waals surface area contributed by atoms with Crippen LogP contribution >= 0.6 is 0 Å². The molecule has 0 N–H and O–H groups in total. The second-order valence-corrected chi connectivity index (χ2v) is 9.42. The highest BCUT2D eigenvalue weighted by Crippen LogP contribution is 2.22. The first-order valence-electron chi connectivity index (χ1n) is 4.49. The van der Waals surface area contributed by atoms with Crippen LogP contribution in [-0.4, -0.2) is 20.8 Å². The molecule has 70 valence electrons. The summed E-state index contributed by atoms with van der Waals surface area (Å²) >= 11 is 0. The maximum Gasteiger partial charge on any atom is 0.121 e. The number of halogens is 1. The molecule has 1 saturated heterocycles. The molecule has 0 radical (unpaired) electrons. The molecule has 1 unspecified atom stereocenters. The van der Waals surface area contributed by atoms with Crippen molar-refractivity contribution in [3.63, 3.8) is 0 Å². The summed E-state index contributed by atoms with van der Waals surface area (Å²) in [4.78, 5) is 0. The summed E-state index contributed by atoms with van der Waals surface area (Å²) in [5.41, 5.74) is 1.79. The van der Waals surface area contributed by atoms with E-state index >= 15 is 0 Å². The fourth-order valence-corrected chi connectivity index (χ4v) is 2.31. The van der Waals surface area contributed by atoms with Gasteiger partial charge in [-0.05, 0) is 12.8 Å². The molecule has 0 amide bonds. The van der Waals surface area contributed by atoms with Gasteiger partial charge in [0.2, 0.25) is 0 Å². The van der Waals surface area contributed by atoms with Crippen LogP contribution in [0.25, 0.3) is 0 Å². The van der Waals surface area contributed by atoms with Gasteiger partial charge in [0, 0.05) is 6.61 Å². The molecule has 0 spiro atoms. The molecule has 3 heteroatoms. The molecule has 0 aromatic rings.